The Morgan fingerprint density at radius 3 is 2.67 bits per heavy atom. The van der Waals surface area contributed by atoms with Gasteiger partial charge in [-0.3, -0.25) is 9.79 Å². The normalized spacial score (nSPS) is 29.8. The minimum absolute atomic E-state index is 0.136. The molecule has 1 amide bonds. The average molecular weight is 394 g/mol. The van der Waals surface area contributed by atoms with Gasteiger partial charge in [0.15, 0.2) is 5.17 Å². The fourth-order valence-electron chi connectivity index (χ4n) is 3.69. The number of benzene rings is 1. The molecule has 1 saturated carbocycles. The number of carbonyl (C=O) groups is 1. The smallest absolute Gasteiger partial charge is 0.224 e. The minimum atomic E-state index is -0.968. The summed E-state index contributed by atoms with van der Waals surface area (Å²) in [5.74, 6) is -0.555. The van der Waals surface area contributed by atoms with E-state index in [0.29, 0.717) is 18.3 Å². The van der Waals surface area contributed by atoms with Gasteiger partial charge in [-0.2, -0.15) is 0 Å². The third-order valence-electron chi connectivity index (χ3n) is 4.90. The van der Waals surface area contributed by atoms with E-state index in [0.717, 1.165) is 16.8 Å². The molecule has 27 heavy (non-hydrogen) atoms. The fourth-order valence-corrected chi connectivity index (χ4v) is 5.06. The third-order valence-corrected chi connectivity index (χ3v) is 6.21. The number of carbonyl (C=O) groups excluding carboxylic acids is 1. The molecule has 1 fully saturated rings. The molecule has 5 atom stereocenters. The number of methoxy groups -OCH3 is 1. The molecule has 7 nitrogen and oxygen atoms in total. The Labute approximate surface area is 163 Å². The van der Waals surface area contributed by atoms with Crippen LogP contribution >= 0.6 is 11.8 Å². The molecule has 3 rings (SSSR count). The van der Waals surface area contributed by atoms with Crippen molar-refractivity contribution >= 4 is 28.5 Å². The van der Waals surface area contributed by atoms with Gasteiger partial charge in [0, 0.05) is 24.6 Å². The summed E-state index contributed by atoms with van der Waals surface area (Å²) in [6.45, 7) is 4.91. The predicted octanol–water partition coefficient (Wildman–Crippen LogP) is 1.06. The van der Waals surface area contributed by atoms with Gasteiger partial charge in [0.1, 0.15) is 6.10 Å². The van der Waals surface area contributed by atoms with Gasteiger partial charge in [0.25, 0.3) is 0 Å². The van der Waals surface area contributed by atoms with Crippen molar-refractivity contribution in [3.8, 4) is 0 Å². The highest BCUT2D eigenvalue weighted by Crippen LogP contribution is 2.41. The number of amidine groups is 1. The SMILES string of the molecule is COCCNC(=O)C1CC(O)C(O)C2N=C(Nc3cc(C)cc(C)c3)SC12. The van der Waals surface area contributed by atoms with Crippen LogP contribution in [-0.2, 0) is 9.53 Å². The highest BCUT2D eigenvalue weighted by Gasteiger charge is 2.50. The zero-order chi connectivity index (χ0) is 19.6. The van der Waals surface area contributed by atoms with Gasteiger partial charge in [-0.25, -0.2) is 0 Å². The molecule has 0 aromatic heterocycles. The predicted molar refractivity (Wildman–Crippen MR) is 107 cm³/mol. The second kappa shape index (κ2) is 8.60. The lowest BCUT2D eigenvalue weighted by Crippen LogP contribution is -2.54. The molecule has 1 aliphatic carbocycles. The maximum Gasteiger partial charge on any atom is 0.224 e. The number of aliphatic imine (C=N–C) groups is 1. The van der Waals surface area contributed by atoms with Crippen molar-refractivity contribution in [3.63, 3.8) is 0 Å². The molecule has 0 saturated heterocycles. The number of hydrogen-bond acceptors (Lipinski definition) is 7. The molecule has 0 bridgehead atoms. The third kappa shape index (κ3) is 4.63. The highest BCUT2D eigenvalue weighted by molar-refractivity contribution is 8.15. The molecular formula is C19H27N3O4S. The topological polar surface area (TPSA) is 103 Å². The van der Waals surface area contributed by atoms with Crippen LogP contribution in [0.1, 0.15) is 17.5 Å². The van der Waals surface area contributed by atoms with E-state index in [-0.39, 0.29) is 17.6 Å². The quantitative estimate of drug-likeness (QED) is 0.558. The molecule has 0 spiro atoms. The van der Waals surface area contributed by atoms with E-state index in [1.165, 1.54) is 11.8 Å². The van der Waals surface area contributed by atoms with Crippen LogP contribution in [0.4, 0.5) is 5.69 Å². The van der Waals surface area contributed by atoms with Crippen LogP contribution in [0.15, 0.2) is 23.2 Å². The van der Waals surface area contributed by atoms with Crippen LogP contribution in [0, 0.1) is 19.8 Å². The summed E-state index contributed by atoms with van der Waals surface area (Å²) in [5.41, 5.74) is 3.21. The zero-order valence-electron chi connectivity index (χ0n) is 15.8. The van der Waals surface area contributed by atoms with E-state index < -0.39 is 24.2 Å². The average Bonchev–Trinajstić information content (AvgIpc) is 3.01. The van der Waals surface area contributed by atoms with Crippen LogP contribution in [0.3, 0.4) is 0 Å². The maximum absolute atomic E-state index is 12.6. The van der Waals surface area contributed by atoms with Crippen molar-refractivity contribution in [2.24, 2.45) is 10.9 Å². The van der Waals surface area contributed by atoms with E-state index in [4.69, 9.17) is 4.74 Å². The fraction of sp³-hybridized carbons (Fsp3) is 0.579. The second-order valence-electron chi connectivity index (χ2n) is 7.19. The van der Waals surface area contributed by atoms with Gasteiger partial charge in [-0.05, 0) is 43.5 Å². The molecule has 148 valence electrons. The first-order valence-corrected chi connectivity index (χ1v) is 9.99. The van der Waals surface area contributed by atoms with E-state index in [9.17, 15) is 15.0 Å². The number of fused-ring (bicyclic) bond motifs is 1. The van der Waals surface area contributed by atoms with E-state index >= 15 is 0 Å². The molecule has 1 aromatic carbocycles. The Hall–Kier alpha value is -1.61. The number of hydrogen-bond donors (Lipinski definition) is 4. The van der Waals surface area contributed by atoms with E-state index in [2.05, 4.69) is 21.7 Å². The lowest BCUT2D eigenvalue weighted by molar-refractivity contribution is -0.129. The number of amides is 1. The summed E-state index contributed by atoms with van der Waals surface area (Å²) in [7, 11) is 1.58. The van der Waals surface area contributed by atoms with Crippen molar-refractivity contribution in [3.05, 3.63) is 29.3 Å². The van der Waals surface area contributed by atoms with E-state index in [1.807, 2.05) is 26.0 Å². The van der Waals surface area contributed by atoms with Crippen LogP contribution in [0.25, 0.3) is 0 Å². The number of aliphatic hydroxyl groups is 2. The molecule has 1 heterocycles. The summed E-state index contributed by atoms with van der Waals surface area (Å²) < 4.78 is 4.97. The van der Waals surface area contributed by atoms with Crippen LogP contribution in [0.5, 0.6) is 0 Å². The number of ether oxygens (including phenoxy) is 1. The first kappa shape index (κ1) is 20.1. The monoisotopic (exact) mass is 393 g/mol. The summed E-state index contributed by atoms with van der Waals surface area (Å²) >= 11 is 1.46. The summed E-state index contributed by atoms with van der Waals surface area (Å²) in [4.78, 5) is 17.2. The summed E-state index contributed by atoms with van der Waals surface area (Å²) in [6.07, 6.45) is -1.71. The number of nitrogens with zero attached hydrogens (tertiary/aromatic N) is 1. The number of rotatable bonds is 5. The number of thioether (sulfide) groups is 1. The Kier molecular flexibility index (Phi) is 6.41. The molecular weight excluding hydrogens is 366 g/mol. The van der Waals surface area contributed by atoms with Crippen LogP contribution in [-0.4, -0.2) is 65.0 Å². The molecule has 1 aromatic rings. The van der Waals surface area contributed by atoms with E-state index in [1.54, 1.807) is 7.11 Å². The largest absolute Gasteiger partial charge is 0.390 e. The first-order chi connectivity index (χ1) is 12.9. The highest BCUT2D eigenvalue weighted by atomic mass is 32.2. The second-order valence-corrected chi connectivity index (χ2v) is 8.36. The van der Waals surface area contributed by atoms with Crippen molar-refractivity contribution < 1.29 is 19.7 Å². The van der Waals surface area contributed by atoms with Gasteiger partial charge >= 0.3 is 0 Å². The summed E-state index contributed by atoms with van der Waals surface area (Å²) in [6, 6.07) is 5.64. The molecule has 4 N–H and O–H groups in total. The molecule has 8 heteroatoms. The Morgan fingerprint density at radius 1 is 1.30 bits per heavy atom. The van der Waals surface area contributed by atoms with Crippen molar-refractivity contribution in [2.75, 3.05) is 25.6 Å². The van der Waals surface area contributed by atoms with Gasteiger partial charge < -0.3 is 25.6 Å². The zero-order valence-corrected chi connectivity index (χ0v) is 16.6. The standard InChI is InChI=1S/C19H27N3O4S/c1-10-6-11(2)8-12(7-10)21-19-22-15-16(24)14(23)9-13(17(15)27-19)18(25)20-4-5-26-3/h6-8,13-17,23-24H,4-5,9H2,1-3H3,(H,20,25)(H,21,22). The molecule has 1 aliphatic heterocycles. The van der Waals surface area contributed by atoms with Crippen LogP contribution in [0.2, 0.25) is 0 Å². The van der Waals surface area contributed by atoms with Crippen LogP contribution < -0.4 is 10.6 Å². The summed E-state index contributed by atoms with van der Waals surface area (Å²) in [5, 5.41) is 27.2. The van der Waals surface area contributed by atoms with Gasteiger partial charge in [-0.1, -0.05) is 17.8 Å². The molecule has 0 radical (unpaired) electrons. The lowest BCUT2D eigenvalue weighted by atomic mass is 9.81. The Balaban J connectivity index is 1.73. The molecule has 5 unspecified atom stereocenters. The van der Waals surface area contributed by atoms with Gasteiger partial charge in [0.05, 0.1) is 24.7 Å². The lowest BCUT2D eigenvalue weighted by Gasteiger charge is -2.37. The van der Waals surface area contributed by atoms with Gasteiger partial charge in [-0.15, -0.1) is 0 Å². The number of nitrogens with one attached hydrogen (secondary N) is 2. The van der Waals surface area contributed by atoms with Crippen molar-refractivity contribution in [1.29, 1.82) is 0 Å². The number of anilines is 1. The first-order valence-electron chi connectivity index (χ1n) is 9.11. The number of aliphatic hydroxyl groups excluding tert-OH is 2. The maximum atomic E-state index is 12.6. The number of aryl methyl sites for hydroxylation is 2. The van der Waals surface area contributed by atoms with Crippen molar-refractivity contribution in [1.82, 2.24) is 5.32 Å². The Morgan fingerprint density at radius 2 is 2.00 bits per heavy atom. The van der Waals surface area contributed by atoms with Crippen molar-refractivity contribution in [2.45, 2.75) is 43.8 Å². The minimum Gasteiger partial charge on any atom is -0.390 e. The molecule has 2 aliphatic rings. The Bertz CT molecular complexity index is 707. The van der Waals surface area contributed by atoms with Gasteiger partial charge in [0.2, 0.25) is 5.91 Å².